The number of ether oxygens (including phenoxy) is 2. The summed E-state index contributed by atoms with van der Waals surface area (Å²) in [5, 5.41) is 0. The van der Waals surface area contributed by atoms with Crippen LogP contribution in [0.25, 0.3) is 0 Å². The van der Waals surface area contributed by atoms with Crippen molar-refractivity contribution in [2.75, 3.05) is 7.11 Å². The predicted octanol–water partition coefficient (Wildman–Crippen LogP) is 2.16. The Bertz CT molecular complexity index is 314. The van der Waals surface area contributed by atoms with Gasteiger partial charge in [0.05, 0.1) is 7.11 Å². The van der Waals surface area contributed by atoms with Gasteiger partial charge in [-0.1, -0.05) is 0 Å². The number of carbonyl (C=O) groups excluding carboxylic acids is 2. The molecule has 1 atom stereocenters. The number of esters is 2. The van der Waals surface area contributed by atoms with Gasteiger partial charge in [-0.25, -0.2) is 8.78 Å². The van der Waals surface area contributed by atoms with Crippen molar-refractivity contribution >= 4 is 11.9 Å². The molecule has 0 aromatic carbocycles. The van der Waals surface area contributed by atoms with Crippen LogP contribution in [0.1, 0.15) is 34.6 Å². The van der Waals surface area contributed by atoms with Crippen LogP contribution >= 0.6 is 0 Å². The standard InChI is InChI=1S/C11H18F2O4/c1-9(2,3)17-8(15)10(4,7(14)16-6)11(5,12)13/h1-6H3. The van der Waals surface area contributed by atoms with E-state index in [1.807, 2.05) is 0 Å². The minimum atomic E-state index is -3.58. The molecule has 0 aliphatic rings. The quantitative estimate of drug-likeness (QED) is 0.570. The maximum Gasteiger partial charge on any atom is 0.330 e. The third-order valence-electron chi connectivity index (χ3n) is 2.28. The lowest BCUT2D eigenvalue weighted by atomic mass is 9.84. The molecule has 0 bridgehead atoms. The molecule has 0 spiro atoms. The van der Waals surface area contributed by atoms with Crippen molar-refractivity contribution in [1.82, 2.24) is 0 Å². The second-order valence-electron chi connectivity index (χ2n) is 5.01. The molecule has 1 unspecified atom stereocenters. The topological polar surface area (TPSA) is 52.6 Å². The van der Waals surface area contributed by atoms with E-state index >= 15 is 0 Å². The van der Waals surface area contributed by atoms with Gasteiger partial charge in [0.2, 0.25) is 5.41 Å². The van der Waals surface area contributed by atoms with E-state index in [0.29, 0.717) is 6.92 Å². The molecule has 0 saturated heterocycles. The fraction of sp³-hybridized carbons (Fsp3) is 0.818. The summed E-state index contributed by atoms with van der Waals surface area (Å²) >= 11 is 0. The van der Waals surface area contributed by atoms with Crippen molar-refractivity contribution in [2.24, 2.45) is 5.41 Å². The summed E-state index contributed by atoms with van der Waals surface area (Å²) in [6.07, 6.45) is 0. The van der Waals surface area contributed by atoms with E-state index in [0.717, 1.165) is 14.0 Å². The Labute approximate surface area is 99.3 Å². The number of methoxy groups -OCH3 is 1. The Hall–Kier alpha value is -1.20. The smallest absolute Gasteiger partial charge is 0.330 e. The molecule has 0 aromatic rings. The average molecular weight is 252 g/mol. The second-order valence-corrected chi connectivity index (χ2v) is 5.01. The molecular formula is C11H18F2O4. The van der Waals surface area contributed by atoms with Crippen molar-refractivity contribution in [3.63, 3.8) is 0 Å². The zero-order valence-corrected chi connectivity index (χ0v) is 10.9. The molecule has 0 radical (unpaired) electrons. The normalized spacial score (nSPS) is 16.0. The van der Waals surface area contributed by atoms with E-state index in [9.17, 15) is 18.4 Å². The third-order valence-corrected chi connectivity index (χ3v) is 2.28. The molecular weight excluding hydrogens is 234 g/mol. The summed E-state index contributed by atoms with van der Waals surface area (Å²) < 4.78 is 36.0. The Morgan fingerprint density at radius 1 is 0.941 bits per heavy atom. The number of hydrogen-bond donors (Lipinski definition) is 0. The molecule has 0 fully saturated rings. The van der Waals surface area contributed by atoms with Crippen LogP contribution in [0.15, 0.2) is 0 Å². The van der Waals surface area contributed by atoms with Crippen LogP contribution in [-0.4, -0.2) is 30.6 Å². The Kier molecular flexibility index (Phi) is 4.26. The summed E-state index contributed by atoms with van der Waals surface area (Å²) in [7, 11) is 0.941. The SMILES string of the molecule is COC(=O)C(C)(C(=O)OC(C)(C)C)C(C)(F)F. The highest BCUT2D eigenvalue weighted by Crippen LogP contribution is 2.39. The van der Waals surface area contributed by atoms with Gasteiger partial charge in [-0.3, -0.25) is 9.59 Å². The summed E-state index contributed by atoms with van der Waals surface area (Å²) in [5.41, 5.74) is -3.60. The number of rotatable bonds is 3. The lowest BCUT2D eigenvalue weighted by Gasteiger charge is -2.32. The molecule has 0 amide bonds. The van der Waals surface area contributed by atoms with Crippen LogP contribution < -0.4 is 0 Å². The molecule has 100 valence electrons. The summed E-state index contributed by atoms with van der Waals surface area (Å²) in [5.74, 6) is -6.20. The van der Waals surface area contributed by atoms with Crippen LogP contribution in [0, 0.1) is 5.41 Å². The van der Waals surface area contributed by atoms with E-state index in [1.165, 1.54) is 20.8 Å². The summed E-state index contributed by atoms with van der Waals surface area (Å²) in [4.78, 5) is 23.1. The first kappa shape index (κ1) is 15.8. The van der Waals surface area contributed by atoms with Gasteiger partial charge in [0.25, 0.3) is 5.92 Å². The van der Waals surface area contributed by atoms with Crippen molar-refractivity contribution in [3.8, 4) is 0 Å². The molecule has 0 aromatic heterocycles. The molecule has 0 N–H and O–H groups in total. The fourth-order valence-corrected chi connectivity index (χ4v) is 1.03. The van der Waals surface area contributed by atoms with E-state index in [2.05, 4.69) is 4.74 Å². The Balaban J connectivity index is 5.37. The number of halogens is 2. The van der Waals surface area contributed by atoms with Gasteiger partial charge < -0.3 is 9.47 Å². The maximum atomic E-state index is 13.4. The van der Waals surface area contributed by atoms with Gasteiger partial charge in [0.15, 0.2) is 0 Å². The minimum Gasteiger partial charge on any atom is -0.468 e. The molecule has 0 rings (SSSR count). The minimum absolute atomic E-state index is 0.480. The van der Waals surface area contributed by atoms with E-state index in [4.69, 9.17) is 4.74 Å². The van der Waals surface area contributed by atoms with E-state index in [1.54, 1.807) is 0 Å². The summed E-state index contributed by atoms with van der Waals surface area (Å²) in [6.45, 7) is 5.87. The lowest BCUT2D eigenvalue weighted by Crippen LogP contribution is -2.52. The van der Waals surface area contributed by atoms with Gasteiger partial charge in [0, 0.05) is 6.92 Å². The number of alkyl halides is 2. The highest BCUT2D eigenvalue weighted by Gasteiger charge is 2.61. The lowest BCUT2D eigenvalue weighted by molar-refractivity contribution is -0.201. The monoisotopic (exact) mass is 252 g/mol. The van der Waals surface area contributed by atoms with Crippen LogP contribution in [0.2, 0.25) is 0 Å². The third kappa shape index (κ3) is 3.38. The largest absolute Gasteiger partial charge is 0.468 e. The first-order chi connectivity index (χ1) is 7.36. The number of carbonyl (C=O) groups is 2. The van der Waals surface area contributed by atoms with Crippen LogP contribution in [0.5, 0.6) is 0 Å². The second kappa shape index (κ2) is 4.58. The molecule has 0 heterocycles. The molecule has 17 heavy (non-hydrogen) atoms. The van der Waals surface area contributed by atoms with Crippen LogP contribution in [0.4, 0.5) is 8.78 Å². The first-order valence-corrected chi connectivity index (χ1v) is 5.06. The molecule has 6 heteroatoms. The van der Waals surface area contributed by atoms with Gasteiger partial charge in [0.1, 0.15) is 5.60 Å². The van der Waals surface area contributed by atoms with E-state index < -0.39 is 28.9 Å². The predicted molar refractivity (Wildman–Crippen MR) is 56.6 cm³/mol. The Morgan fingerprint density at radius 3 is 1.59 bits per heavy atom. The molecule has 0 saturated carbocycles. The Morgan fingerprint density at radius 2 is 1.35 bits per heavy atom. The molecule has 0 aliphatic carbocycles. The van der Waals surface area contributed by atoms with E-state index in [-0.39, 0.29) is 0 Å². The van der Waals surface area contributed by atoms with Crippen molar-refractivity contribution in [1.29, 1.82) is 0 Å². The molecule has 0 aliphatic heterocycles. The zero-order chi connectivity index (χ0) is 14.1. The van der Waals surface area contributed by atoms with Gasteiger partial charge in [-0.2, -0.15) is 0 Å². The highest BCUT2D eigenvalue weighted by atomic mass is 19.3. The van der Waals surface area contributed by atoms with Crippen molar-refractivity contribution < 1.29 is 27.8 Å². The summed E-state index contributed by atoms with van der Waals surface area (Å²) in [6, 6.07) is 0. The van der Waals surface area contributed by atoms with Crippen molar-refractivity contribution in [2.45, 2.75) is 46.1 Å². The van der Waals surface area contributed by atoms with Gasteiger partial charge in [-0.05, 0) is 27.7 Å². The first-order valence-electron chi connectivity index (χ1n) is 5.06. The maximum absolute atomic E-state index is 13.4. The fourth-order valence-electron chi connectivity index (χ4n) is 1.03. The number of hydrogen-bond acceptors (Lipinski definition) is 4. The zero-order valence-electron chi connectivity index (χ0n) is 10.9. The average Bonchev–Trinajstić information content (AvgIpc) is 2.10. The molecule has 4 nitrogen and oxygen atoms in total. The van der Waals surface area contributed by atoms with Gasteiger partial charge >= 0.3 is 11.9 Å². The highest BCUT2D eigenvalue weighted by molar-refractivity contribution is 6.00. The van der Waals surface area contributed by atoms with Crippen molar-refractivity contribution in [3.05, 3.63) is 0 Å². The van der Waals surface area contributed by atoms with Crippen LogP contribution in [-0.2, 0) is 19.1 Å². The van der Waals surface area contributed by atoms with Crippen LogP contribution in [0.3, 0.4) is 0 Å². The van der Waals surface area contributed by atoms with Gasteiger partial charge in [-0.15, -0.1) is 0 Å².